The van der Waals surface area contributed by atoms with Crippen LogP contribution in [-0.2, 0) is 0 Å². The normalized spacial score (nSPS) is 25.9. The van der Waals surface area contributed by atoms with Gasteiger partial charge < -0.3 is 5.32 Å². The number of rotatable bonds is 4. The van der Waals surface area contributed by atoms with Crippen molar-refractivity contribution in [2.24, 2.45) is 11.3 Å². The second kappa shape index (κ2) is 6.30. The van der Waals surface area contributed by atoms with Crippen molar-refractivity contribution in [3.63, 3.8) is 0 Å². The second-order valence-corrected chi connectivity index (χ2v) is 7.69. The van der Waals surface area contributed by atoms with Crippen LogP contribution in [0.25, 0.3) is 0 Å². The van der Waals surface area contributed by atoms with Crippen LogP contribution in [0.3, 0.4) is 0 Å². The first-order valence-electron chi connectivity index (χ1n) is 8.18. The van der Waals surface area contributed by atoms with Crippen molar-refractivity contribution in [2.45, 2.75) is 65.8 Å². The van der Waals surface area contributed by atoms with Crippen molar-refractivity contribution in [1.29, 1.82) is 0 Å². The molecule has 0 heterocycles. The fourth-order valence-electron chi connectivity index (χ4n) is 3.64. The number of hydrogen-bond acceptors (Lipinski definition) is 1. The summed E-state index contributed by atoms with van der Waals surface area (Å²) in [4.78, 5) is 0. The van der Waals surface area contributed by atoms with Crippen LogP contribution in [0, 0.1) is 18.3 Å². The summed E-state index contributed by atoms with van der Waals surface area (Å²) in [5.74, 6) is 1.50. The first kappa shape index (κ1) is 15.6. The molecule has 1 N–H and O–H groups in total. The molecule has 0 aliphatic heterocycles. The van der Waals surface area contributed by atoms with Gasteiger partial charge in [0.1, 0.15) is 0 Å². The molecule has 1 aliphatic rings. The molecule has 2 unspecified atom stereocenters. The van der Waals surface area contributed by atoms with Gasteiger partial charge in [-0.1, -0.05) is 52.0 Å². The zero-order valence-electron chi connectivity index (χ0n) is 13.9. The minimum absolute atomic E-state index is 0.487. The quantitative estimate of drug-likeness (QED) is 0.822. The van der Waals surface area contributed by atoms with E-state index >= 15 is 0 Å². The van der Waals surface area contributed by atoms with E-state index in [1.807, 2.05) is 0 Å². The van der Waals surface area contributed by atoms with Crippen molar-refractivity contribution >= 4 is 0 Å². The summed E-state index contributed by atoms with van der Waals surface area (Å²) in [6.45, 7) is 12.8. The molecule has 1 aliphatic carbocycles. The van der Waals surface area contributed by atoms with Gasteiger partial charge in [0, 0.05) is 6.04 Å². The van der Waals surface area contributed by atoms with E-state index in [2.05, 4.69) is 64.2 Å². The van der Waals surface area contributed by atoms with Crippen molar-refractivity contribution in [2.75, 3.05) is 6.54 Å². The van der Waals surface area contributed by atoms with Gasteiger partial charge in [-0.2, -0.15) is 0 Å². The Balaban J connectivity index is 2.20. The van der Waals surface area contributed by atoms with Crippen molar-refractivity contribution in [3.8, 4) is 0 Å². The lowest BCUT2D eigenvalue weighted by Gasteiger charge is -2.42. The summed E-state index contributed by atoms with van der Waals surface area (Å²) in [6.07, 6.45) is 4.04. The average Bonchev–Trinajstić information content (AvgIpc) is 2.37. The summed E-state index contributed by atoms with van der Waals surface area (Å²) in [5, 5.41) is 3.66. The SMILES string of the molecule is Cc1ccccc1C1CC(C)(C)CCC1CNC(C)C. The molecule has 2 rings (SSSR count). The van der Waals surface area contributed by atoms with Gasteiger partial charge in [-0.25, -0.2) is 0 Å². The van der Waals surface area contributed by atoms with Crippen LogP contribution >= 0.6 is 0 Å². The molecule has 0 aromatic heterocycles. The maximum absolute atomic E-state index is 3.66. The van der Waals surface area contributed by atoms with Gasteiger partial charge in [0.15, 0.2) is 0 Å². The molecule has 1 saturated carbocycles. The maximum atomic E-state index is 3.66. The minimum atomic E-state index is 0.487. The Hall–Kier alpha value is -0.820. The van der Waals surface area contributed by atoms with E-state index in [4.69, 9.17) is 0 Å². The van der Waals surface area contributed by atoms with Gasteiger partial charge >= 0.3 is 0 Å². The molecular formula is C19H31N. The lowest BCUT2D eigenvalue weighted by atomic mass is 9.64. The van der Waals surface area contributed by atoms with Gasteiger partial charge in [-0.15, -0.1) is 0 Å². The summed E-state index contributed by atoms with van der Waals surface area (Å²) >= 11 is 0. The Labute approximate surface area is 125 Å². The smallest absolute Gasteiger partial charge is 0.00104 e. The van der Waals surface area contributed by atoms with E-state index in [0.717, 1.165) is 12.5 Å². The fraction of sp³-hybridized carbons (Fsp3) is 0.684. The third-order valence-electron chi connectivity index (χ3n) is 4.91. The van der Waals surface area contributed by atoms with Gasteiger partial charge in [0.05, 0.1) is 0 Å². The summed E-state index contributed by atoms with van der Waals surface area (Å²) in [5.41, 5.74) is 3.53. The molecule has 112 valence electrons. The van der Waals surface area contributed by atoms with Crippen molar-refractivity contribution in [1.82, 2.24) is 5.32 Å². The molecule has 0 radical (unpaired) electrons. The number of benzene rings is 1. The Bertz CT molecular complexity index is 431. The maximum Gasteiger partial charge on any atom is 0.00104 e. The lowest BCUT2D eigenvalue weighted by Crippen LogP contribution is -2.37. The third kappa shape index (κ3) is 3.85. The zero-order chi connectivity index (χ0) is 14.8. The number of nitrogens with one attached hydrogen (secondary N) is 1. The van der Waals surface area contributed by atoms with Crippen LogP contribution in [0.15, 0.2) is 24.3 Å². The molecule has 0 bridgehead atoms. The van der Waals surface area contributed by atoms with Gasteiger partial charge in [-0.3, -0.25) is 0 Å². The first-order valence-corrected chi connectivity index (χ1v) is 8.18. The van der Waals surface area contributed by atoms with Crippen LogP contribution in [0.1, 0.15) is 64.0 Å². The Morgan fingerprint density at radius 1 is 1.25 bits per heavy atom. The number of hydrogen-bond donors (Lipinski definition) is 1. The standard InChI is InChI=1S/C19H31N/c1-14(2)20-13-16-10-11-19(4,5)12-18(16)17-9-7-6-8-15(17)3/h6-9,14,16,18,20H,10-13H2,1-5H3. The van der Waals surface area contributed by atoms with Crippen LogP contribution in [-0.4, -0.2) is 12.6 Å². The molecule has 0 saturated heterocycles. The summed E-state index contributed by atoms with van der Waals surface area (Å²) < 4.78 is 0. The molecule has 1 aromatic carbocycles. The Morgan fingerprint density at radius 3 is 2.60 bits per heavy atom. The first-order chi connectivity index (χ1) is 9.39. The molecule has 0 spiro atoms. The van der Waals surface area contributed by atoms with Crippen LogP contribution < -0.4 is 5.32 Å². The Kier molecular flexibility index (Phi) is 4.90. The predicted octanol–water partition coefficient (Wildman–Crippen LogP) is 4.90. The molecule has 20 heavy (non-hydrogen) atoms. The topological polar surface area (TPSA) is 12.0 Å². The van der Waals surface area contributed by atoms with Crippen molar-refractivity contribution < 1.29 is 0 Å². The van der Waals surface area contributed by atoms with Gasteiger partial charge in [-0.05, 0) is 61.1 Å². The predicted molar refractivity (Wildman–Crippen MR) is 88.2 cm³/mol. The molecular weight excluding hydrogens is 242 g/mol. The van der Waals surface area contributed by atoms with Crippen LogP contribution in [0.2, 0.25) is 0 Å². The largest absolute Gasteiger partial charge is 0.314 e. The molecule has 2 atom stereocenters. The average molecular weight is 273 g/mol. The number of aryl methyl sites for hydroxylation is 1. The van der Waals surface area contributed by atoms with E-state index in [-0.39, 0.29) is 0 Å². The molecule has 1 nitrogen and oxygen atoms in total. The highest BCUT2D eigenvalue weighted by Crippen LogP contribution is 2.47. The van der Waals surface area contributed by atoms with E-state index < -0.39 is 0 Å². The fourth-order valence-corrected chi connectivity index (χ4v) is 3.64. The highest BCUT2D eigenvalue weighted by molar-refractivity contribution is 5.30. The van der Waals surface area contributed by atoms with E-state index in [1.54, 1.807) is 5.56 Å². The Morgan fingerprint density at radius 2 is 1.95 bits per heavy atom. The lowest BCUT2D eigenvalue weighted by molar-refractivity contribution is 0.158. The summed E-state index contributed by atoms with van der Waals surface area (Å²) in [7, 11) is 0. The molecule has 1 aromatic rings. The van der Waals surface area contributed by atoms with Crippen LogP contribution in [0.5, 0.6) is 0 Å². The van der Waals surface area contributed by atoms with E-state index in [1.165, 1.54) is 24.8 Å². The van der Waals surface area contributed by atoms with Crippen LogP contribution in [0.4, 0.5) is 0 Å². The second-order valence-electron chi connectivity index (χ2n) is 7.69. The molecule has 0 amide bonds. The van der Waals surface area contributed by atoms with Gasteiger partial charge in [0.2, 0.25) is 0 Å². The molecule has 1 heteroatoms. The highest BCUT2D eigenvalue weighted by atomic mass is 14.9. The minimum Gasteiger partial charge on any atom is -0.314 e. The monoisotopic (exact) mass is 273 g/mol. The zero-order valence-corrected chi connectivity index (χ0v) is 13.9. The van der Waals surface area contributed by atoms with Crippen molar-refractivity contribution in [3.05, 3.63) is 35.4 Å². The molecule has 1 fully saturated rings. The van der Waals surface area contributed by atoms with E-state index in [9.17, 15) is 0 Å². The highest BCUT2D eigenvalue weighted by Gasteiger charge is 2.35. The van der Waals surface area contributed by atoms with E-state index in [0.29, 0.717) is 17.4 Å². The van der Waals surface area contributed by atoms with Gasteiger partial charge in [0.25, 0.3) is 0 Å². The third-order valence-corrected chi connectivity index (χ3v) is 4.91. The summed E-state index contributed by atoms with van der Waals surface area (Å²) in [6, 6.07) is 9.57.